The summed E-state index contributed by atoms with van der Waals surface area (Å²) >= 11 is 1.31. The van der Waals surface area contributed by atoms with Gasteiger partial charge in [-0.15, -0.1) is 11.3 Å². The third kappa shape index (κ3) is 6.24. The number of hydrogen-bond acceptors (Lipinski definition) is 5. The molecule has 2 aromatic carbocycles. The lowest BCUT2D eigenvalue weighted by Gasteiger charge is -2.31. The van der Waals surface area contributed by atoms with Gasteiger partial charge in [-0.2, -0.15) is 0 Å². The molecule has 2 heterocycles. The Hall–Kier alpha value is -3.73. The molecule has 4 rings (SSSR count). The summed E-state index contributed by atoms with van der Waals surface area (Å²) < 4.78 is 39.6. The Kier molecular flexibility index (Phi) is 7.45. The average Bonchev–Trinajstić information content (AvgIpc) is 3.34. The zero-order valence-corrected chi connectivity index (χ0v) is 19.2. The third-order valence-corrected chi connectivity index (χ3v) is 6.64. The van der Waals surface area contributed by atoms with Gasteiger partial charge in [0.2, 0.25) is 5.91 Å². The molecule has 1 saturated heterocycles. The lowest BCUT2D eigenvalue weighted by atomic mass is 9.97. The molecule has 0 saturated carbocycles. The van der Waals surface area contributed by atoms with Crippen LogP contribution in [0.3, 0.4) is 0 Å². The van der Waals surface area contributed by atoms with E-state index in [4.69, 9.17) is 0 Å². The molecule has 1 aliphatic rings. The highest BCUT2D eigenvalue weighted by Crippen LogP contribution is 2.30. The second-order valence-electron chi connectivity index (χ2n) is 8.10. The number of rotatable bonds is 5. The van der Waals surface area contributed by atoms with Crippen molar-refractivity contribution in [2.24, 2.45) is 0 Å². The Labute approximate surface area is 202 Å². The number of likely N-dealkylation sites (tertiary alicyclic amines) is 1. The number of halogens is 3. The molecule has 0 unspecified atom stereocenters. The van der Waals surface area contributed by atoms with Gasteiger partial charge in [0.15, 0.2) is 0 Å². The maximum absolute atomic E-state index is 13.3. The molecule has 35 heavy (non-hydrogen) atoms. The first-order valence-electron chi connectivity index (χ1n) is 10.8. The normalized spacial score (nSPS) is 14.0. The monoisotopic (exact) mass is 502 g/mol. The first-order chi connectivity index (χ1) is 16.8. The van der Waals surface area contributed by atoms with E-state index in [1.807, 2.05) is 0 Å². The number of hydrogen-bond donors (Lipinski definition) is 2. The molecule has 3 amide bonds. The van der Waals surface area contributed by atoms with Gasteiger partial charge < -0.3 is 4.90 Å². The van der Waals surface area contributed by atoms with E-state index in [1.54, 1.807) is 22.4 Å². The highest BCUT2D eigenvalue weighted by Gasteiger charge is 2.26. The van der Waals surface area contributed by atoms with Crippen molar-refractivity contribution >= 4 is 29.1 Å². The maximum Gasteiger partial charge on any atom is 0.289 e. The van der Waals surface area contributed by atoms with E-state index < -0.39 is 23.4 Å². The number of carbonyl (C=O) groups excluding carboxylic acids is 3. The predicted molar refractivity (Wildman–Crippen MR) is 122 cm³/mol. The van der Waals surface area contributed by atoms with Crippen LogP contribution >= 0.6 is 11.3 Å². The highest BCUT2D eigenvalue weighted by atomic mass is 32.1. The van der Waals surface area contributed by atoms with Crippen LogP contribution in [0.2, 0.25) is 0 Å². The molecule has 182 valence electrons. The van der Waals surface area contributed by atoms with Gasteiger partial charge in [-0.1, -0.05) is 12.1 Å². The van der Waals surface area contributed by atoms with Crippen LogP contribution in [0.5, 0.6) is 0 Å². The lowest BCUT2D eigenvalue weighted by molar-refractivity contribution is -0.131. The van der Waals surface area contributed by atoms with Crippen molar-refractivity contribution in [3.05, 3.63) is 87.1 Å². The van der Waals surface area contributed by atoms with Crippen LogP contribution in [0.15, 0.2) is 47.8 Å². The van der Waals surface area contributed by atoms with Crippen molar-refractivity contribution in [1.82, 2.24) is 20.7 Å². The molecule has 11 heteroatoms. The Bertz CT molecular complexity index is 1220. The molecular formula is C24H21F3N4O3S. The van der Waals surface area contributed by atoms with E-state index in [1.165, 1.54) is 23.5 Å². The van der Waals surface area contributed by atoms with E-state index in [0.29, 0.717) is 32.0 Å². The van der Waals surface area contributed by atoms with Crippen LogP contribution in [0.25, 0.3) is 0 Å². The Morgan fingerprint density at radius 3 is 2.20 bits per heavy atom. The number of aromatic nitrogens is 1. The van der Waals surface area contributed by atoms with Gasteiger partial charge >= 0.3 is 0 Å². The number of carbonyl (C=O) groups is 3. The van der Waals surface area contributed by atoms with Gasteiger partial charge in [-0.25, -0.2) is 18.2 Å². The van der Waals surface area contributed by atoms with Crippen molar-refractivity contribution in [2.75, 3.05) is 13.1 Å². The summed E-state index contributed by atoms with van der Waals surface area (Å²) in [5.41, 5.74) is 4.88. The Morgan fingerprint density at radius 1 is 0.914 bits per heavy atom. The minimum absolute atomic E-state index is 0.0248. The summed E-state index contributed by atoms with van der Waals surface area (Å²) in [6.45, 7) is 1.10. The topological polar surface area (TPSA) is 91.4 Å². The van der Waals surface area contributed by atoms with Crippen LogP contribution in [-0.4, -0.2) is 40.7 Å². The van der Waals surface area contributed by atoms with Crippen LogP contribution in [0.1, 0.15) is 50.2 Å². The van der Waals surface area contributed by atoms with E-state index >= 15 is 0 Å². The summed E-state index contributed by atoms with van der Waals surface area (Å²) in [5, 5.41) is 2.31. The largest absolute Gasteiger partial charge is 0.342 e. The standard InChI is InChI=1S/C24H21F3N4O3S/c25-17-3-1-14(2-4-17)9-21(32)31-7-5-15(6-8-31)24-28-20(13-35-24)23(34)30-29-22(33)16-10-18(26)12-19(27)11-16/h1-4,10-13,15H,5-9H2,(H,29,33)(H,30,34). The number of hydrazine groups is 1. The fourth-order valence-electron chi connectivity index (χ4n) is 3.78. The van der Waals surface area contributed by atoms with Crippen LogP contribution in [-0.2, 0) is 11.2 Å². The van der Waals surface area contributed by atoms with Gasteiger partial charge in [-0.05, 0) is 42.7 Å². The van der Waals surface area contributed by atoms with Crippen molar-refractivity contribution in [2.45, 2.75) is 25.2 Å². The van der Waals surface area contributed by atoms with Crippen LogP contribution in [0, 0.1) is 17.5 Å². The molecule has 1 aromatic heterocycles. The number of benzene rings is 2. The molecule has 0 atom stereocenters. The molecule has 1 aliphatic heterocycles. The van der Waals surface area contributed by atoms with Crippen LogP contribution < -0.4 is 10.9 Å². The zero-order valence-electron chi connectivity index (χ0n) is 18.4. The summed E-state index contributed by atoms with van der Waals surface area (Å²) in [6, 6.07) is 8.19. The SMILES string of the molecule is O=C(NNC(=O)c1csc(C2CCN(C(=O)Cc3ccc(F)cc3)CC2)n1)c1cc(F)cc(F)c1. The summed E-state index contributed by atoms with van der Waals surface area (Å²) in [5.74, 6) is -3.63. The molecular weight excluding hydrogens is 481 g/mol. The lowest BCUT2D eigenvalue weighted by Crippen LogP contribution is -2.41. The second kappa shape index (κ2) is 10.7. The maximum atomic E-state index is 13.3. The van der Waals surface area contributed by atoms with Gasteiger partial charge in [0.25, 0.3) is 11.8 Å². The average molecular weight is 503 g/mol. The molecule has 3 aromatic rings. The quantitative estimate of drug-likeness (QED) is 0.522. The summed E-state index contributed by atoms with van der Waals surface area (Å²) in [4.78, 5) is 43.0. The van der Waals surface area contributed by atoms with Crippen molar-refractivity contribution < 1.29 is 27.6 Å². The van der Waals surface area contributed by atoms with Crippen LogP contribution in [0.4, 0.5) is 13.2 Å². The Morgan fingerprint density at radius 2 is 1.54 bits per heavy atom. The zero-order chi connectivity index (χ0) is 24.9. The Balaban J connectivity index is 1.27. The smallest absolute Gasteiger partial charge is 0.289 e. The van der Waals surface area contributed by atoms with Gasteiger partial charge in [0.1, 0.15) is 23.1 Å². The molecule has 7 nitrogen and oxygen atoms in total. The van der Waals surface area contributed by atoms with Gasteiger partial charge in [0, 0.05) is 36.0 Å². The molecule has 2 N–H and O–H groups in total. The second-order valence-corrected chi connectivity index (χ2v) is 8.99. The molecule has 0 bridgehead atoms. The highest BCUT2D eigenvalue weighted by molar-refractivity contribution is 7.09. The molecule has 1 fully saturated rings. The molecule has 0 aliphatic carbocycles. The minimum atomic E-state index is -0.908. The van der Waals surface area contributed by atoms with Gasteiger partial charge in [-0.3, -0.25) is 25.2 Å². The van der Waals surface area contributed by atoms with Crippen molar-refractivity contribution in [3.63, 3.8) is 0 Å². The van der Waals surface area contributed by atoms with E-state index in [9.17, 15) is 27.6 Å². The first kappa shape index (κ1) is 24.4. The number of piperidine rings is 1. The number of nitrogens with zero attached hydrogens (tertiary/aromatic N) is 2. The third-order valence-electron chi connectivity index (χ3n) is 5.63. The first-order valence-corrected chi connectivity index (χ1v) is 11.7. The number of thiazole rings is 1. The van der Waals surface area contributed by atoms with Gasteiger partial charge in [0.05, 0.1) is 11.4 Å². The van der Waals surface area contributed by atoms with E-state index in [2.05, 4.69) is 15.8 Å². The molecule has 0 spiro atoms. The fourth-order valence-corrected chi connectivity index (χ4v) is 4.75. The summed E-state index contributed by atoms with van der Waals surface area (Å²) in [7, 11) is 0. The fraction of sp³-hybridized carbons (Fsp3) is 0.250. The molecule has 0 radical (unpaired) electrons. The summed E-state index contributed by atoms with van der Waals surface area (Å²) in [6.07, 6.45) is 1.58. The minimum Gasteiger partial charge on any atom is -0.342 e. The van der Waals surface area contributed by atoms with Crippen molar-refractivity contribution in [1.29, 1.82) is 0 Å². The number of nitrogens with one attached hydrogen (secondary N) is 2. The van der Waals surface area contributed by atoms with E-state index in [-0.39, 0.29) is 35.3 Å². The predicted octanol–water partition coefficient (Wildman–Crippen LogP) is 3.58. The van der Waals surface area contributed by atoms with E-state index in [0.717, 1.165) is 22.7 Å². The van der Waals surface area contributed by atoms with Crippen molar-refractivity contribution in [3.8, 4) is 0 Å². The number of amides is 3.